The van der Waals surface area contributed by atoms with Crippen LogP contribution >= 0.6 is 0 Å². The number of hydrogen-bond acceptors (Lipinski definition) is 0. The van der Waals surface area contributed by atoms with E-state index in [0.29, 0.717) is 0 Å². The Hall–Kier alpha value is -5.94. The minimum Gasteiger partial charge on any atom is -0.205 e. The summed E-state index contributed by atoms with van der Waals surface area (Å²) in [6, 6.07) is 13.7. The first-order valence-electron chi connectivity index (χ1n) is 25.9. The molecule has 1 aromatic carbocycles. The molecular formula is C62H70N4+4. The van der Waals surface area contributed by atoms with Crippen molar-refractivity contribution in [3.8, 4) is 47.4 Å². The van der Waals surface area contributed by atoms with E-state index in [1.807, 2.05) is 0 Å². The van der Waals surface area contributed by atoms with Crippen LogP contribution in [0.5, 0.6) is 0 Å². The fraction of sp³-hybridized carbons (Fsp3) is 0.452. The van der Waals surface area contributed by atoms with Crippen molar-refractivity contribution in [1.29, 1.82) is 0 Å². The molecule has 4 aliphatic rings. The van der Waals surface area contributed by atoms with Crippen LogP contribution in [0, 0.1) is 47.4 Å². The Labute approximate surface area is 396 Å². The van der Waals surface area contributed by atoms with Crippen molar-refractivity contribution in [3.05, 3.63) is 153 Å². The Morgan fingerprint density at radius 1 is 0.303 bits per heavy atom. The van der Waals surface area contributed by atoms with Crippen molar-refractivity contribution in [2.75, 3.05) is 0 Å². The van der Waals surface area contributed by atoms with Gasteiger partial charge in [0.15, 0.2) is 49.6 Å². The van der Waals surface area contributed by atoms with Gasteiger partial charge in [-0.15, -0.1) is 0 Å². The summed E-state index contributed by atoms with van der Waals surface area (Å²) in [5, 5.41) is 0. The zero-order chi connectivity index (χ0) is 44.6. The predicted octanol–water partition coefficient (Wildman–Crippen LogP) is 9.68. The molecule has 9 rings (SSSR count). The van der Waals surface area contributed by atoms with Crippen LogP contribution in [0.25, 0.3) is 0 Å². The lowest BCUT2D eigenvalue weighted by molar-refractivity contribution is -0.697. The van der Waals surface area contributed by atoms with Gasteiger partial charge in [-0.25, -0.2) is 18.3 Å². The van der Waals surface area contributed by atoms with Gasteiger partial charge in [0, 0.05) is 120 Å². The van der Waals surface area contributed by atoms with Gasteiger partial charge in [0.2, 0.25) is 0 Å². The molecule has 5 aromatic rings. The molecule has 0 bridgehead atoms. The molecule has 0 spiro atoms. The largest absolute Gasteiger partial charge is 0.205 e. The normalized spacial score (nSPS) is 14.5. The number of pyridine rings is 4. The lowest BCUT2D eigenvalue weighted by Gasteiger charge is -2.13. The number of rotatable bonds is 12. The summed E-state index contributed by atoms with van der Waals surface area (Å²) in [7, 11) is 0. The molecule has 4 aliphatic carbocycles. The lowest BCUT2D eigenvalue weighted by atomic mass is 9.93. The molecule has 0 saturated carbocycles. The summed E-state index contributed by atoms with van der Waals surface area (Å²) < 4.78 is 9.45. The summed E-state index contributed by atoms with van der Waals surface area (Å²) >= 11 is 0. The van der Waals surface area contributed by atoms with Gasteiger partial charge in [0.05, 0.1) is 0 Å². The highest BCUT2D eigenvalue weighted by Gasteiger charge is 2.17. The molecule has 4 heterocycles. The van der Waals surface area contributed by atoms with Crippen LogP contribution in [0.3, 0.4) is 0 Å². The Morgan fingerprint density at radius 2 is 0.530 bits per heavy atom. The van der Waals surface area contributed by atoms with Crippen LogP contribution in [0.15, 0.2) is 86.0 Å². The van der Waals surface area contributed by atoms with Gasteiger partial charge in [-0.2, -0.15) is 0 Å². The molecule has 0 aliphatic heterocycles. The lowest BCUT2D eigenvalue weighted by Crippen LogP contribution is -2.34. The van der Waals surface area contributed by atoms with E-state index in [9.17, 15) is 0 Å². The third-order valence-corrected chi connectivity index (χ3v) is 14.3. The Bertz CT molecular complexity index is 2390. The van der Waals surface area contributed by atoms with E-state index in [1.54, 1.807) is 0 Å². The summed E-state index contributed by atoms with van der Waals surface area (Å²) in [5.41, 5.74) is 16.1. The first kappa shape index (κ1) is 45.2. The number of aryl methyl sites for hydroxylation is 12. The second-order valence-corrected chi connectivity index (χ2v) is 19.3. The van der Waals surface area contributed by atoms with Gasteiger partial charge in [-0.05, 0) is 137 Å². The van der Waals surface area contributed by atoms with E-state index in [0.717, 1.165) is 99.8 Å². The van der Waals surface area contributed by atoms with Crippen LogP contribution in [-0.4, -0.2) is 0 Å². The van der Waals surface area contributed by atoms with Gasteiger partial charge < -0.3 is 0 Å². The Kier molecular flexibility index (Phi) is 16.1. The molecule has 0 saturated heterocycles. The van der Waals surface area contributed by atoms with Crippen LogP contribution in [0.1, 0.15) is 169 Å². The molecule has 4 nitrogen and oxygen atoms in total. The second kappa shape index (κ2) is 23.5. The molecule has 0 fully saturated rings. The van der Waals surface area contributed by atoms with E-state index in [4.69, 9.17) is 0 Å². The van der Waals surface area contributed by atoms with E-state index in [-0.39, 0.29) is 0 Å². The van der Waals surface area contributed by atoms with Crippen LogP contribution in [0.2, 0.25) is 0 Å². The highest BCUT2D eigenvalue weighted by Crippen LogP contribution is 2.22. The number of benzene rings is 1. The van der Waals surface area contributed by atoms with Crippen LogP contribution in [0.4, 0.5) is 0 Å². The van der Waals surface area contributed by atoms with Crippen molar-refractivity contribution in [2.45, 2.75) is 180 Å². The Balaban J connectivity index is 0.922. The predicted molar refractivity (Wildman–Crippen MR) is 264 cm³/mol. The number of nitrogens with zero attached hydrogens (tertiary/aromatic N) is 4. The molecule has 334 valence electrons. The minimum absolute atomic E-state index is 0.833. The van der Waals surface area contributed by atoms with E-state index >= 15 is 0 Å². The molecule has 0 atom stereocenters. The molecule has 0 unspecified atom stereocenters. The Morgan fingerprint density at radius 3 is 0.773 bits per heavy atom. The van der Waals surface area contributed by atoms with Crippen LogP contribution < -0.4 is 18.3 Å². The maximum Gasteiger partial charge on any atom is 0.172 e. The molecule has 66 heavy (non-hydrogen) atoms. The minimum atomic E-state index is 0.833. The summed E-state index contributed by atoms with van der Waals surface area (Å²) in [5.74, 6) is 28.6. The number of unbranched alkanes of at least 4 members (excludes halogenated alkanes) is 4. The van der Waals surface area contributed by atoms with Crippen molar-refractivity contribution < 1.29 is 18.3 Å². The number of hydrogen-bond donors (Lipinski definition) is 0. The van der Waals surface area contributed by atoms with Crippen LogP contribution in [-0.2, 0) is 77.5 Å². The molecule has 4 aromatic heterocycles. The highest BCUT2D eigenvalue weighted by molar-refractivity contribution is 5.61. The number of fused-ring (bicyclic) bond motifs is 4. The average molecular weight is 871 g/mol. The number of aromatic nitrogens is 4. The molecule has 0 radical (unpaired) electrons. The summed E-state index contributed by atoms with van der Waals surface area (Å²) in [4.78, 5) is 0. The molecular weight excluding hydrogens is 801 g/mol. The third-order valence-electron chi connectivity index (χ3n) is 14.3. The van der Waals surface area contributed by atoms with Gasteiger partial charge in [-0.1, -0.05) is 47.4 Å². The summed E-state index contributed by atoms with van der Waals surface area (Å²) in [6.07, 6.45) is 46.2. The molecule has 0 amide bonds. The average Bonchev–Trinajstić information content (AvgIpc) is 3.36. The van der Waals surface area contributed by atoms with Gasteiger partial charge in [-0.3, -0.25) is 0 Å². The van der Waals surface area contributed by atoms with Crippen molar-refractivity contribution in [2.24, 2.45) is 0 Å². The topological polar surface area (TPSA) is 15.5 Å². The van der Waals surface area contributed by atoms with Gasteiger partial charge in [0.25, 0.3) is 0 Å². The van der Waals surface area contributed by atoms with Gasteiger partial charge in [0.1, 0.15) is 26.2 Å². The first-order chi connectivity index (χ1) is 32.7. The summed E-state index contributed by atoms with van der Waals surface area (Å²) in [6.45, 7) is 3.93. The second-order valence-electron chi connectivity index (χ2n) is 19.3. The maximum atomic E-state index is 3.59. The SMILES string of the molecule is C(#Cc1cc(C#CCCC[n+]2ccc3c(c2)CCCC3)c(C#CCCC[n+]2ccc3c(c2)CCCC3)cc1C#CCCC[n+]1ccc2c(c1)CCCC2)CCC[n+]1ccc2c(c1)CCCC2. The third kappa shape index (κ3) is 12.7. The molecule has 4 heteroatoms. The monoisotopic (exact) mass is 871 g/mol. The van der Waals surface area contributed by atoms with Crippen molar-refractivity contribution in [3.63, 3.8) is 0 Å². The fourth-order valence-corrected chi connectivity index (χ4v) is 10.5. The van der Waals surface area contributed by atoms with Crippen molar-refractivity contribution >= 4 is 0 Å². The fourth-order valence-electron chi connectivity index (χ4n) is 10.5. The highest BCUT2D eigenvalue weighted by atomic mass is 14.9. The standard InChI is InChI=1S/C62H70N4/c1(17-37-63-41-33-51-21-9-13-29-59(51)47-63)5-25-55-45-57(27-7-3-19-39-65-43-35-53-23-11-15-31-61(53)49-65)58(28-8-4-20-40-66-44-36-54-24-12-16-32-62(54)50-66)46-56(55)26-6-2-18-38-64-42-34-52-22-10-14-30-60(52)48-64/h33-36,41-50H,1-4,9-24,29-32,37-40H2/q+4. The zero-order valence-corrected chi connectivity index (χ0v) is 39.7. The maximum absolute atomic E-state index is 3.59. The first-order valence-corrected chi connectivity index (χ1v) is 25.9. The van der Waals surface area contributed by atoms with Gasteiger partial charge >= 0.3 is 0 Å². The zero-order valence-electron chi connectivity index (χ0n) is 39.7. The van der Waals surface area contributed by atoms with E-state index < -0.39 is 0 Å². The smallest absolute Gasteiger partial charge is 0.172 e. The van der Waals surface area contributed by atoms with E-state index in [1.165, 1.54) is 147 Å². The quantitative estimate of drug-likeness (QED) is 0.0675. The van der Waals surface area contributed by atoms with E-state index in [2.05, 4.69) is 152 Å². The molecule has 0 N–H and O–H groups in total. The van der Waals surface area contributed by atoms with Crippen molar-refractivity contribution in [1.82, 2.24) is 0 Å².